The fraction of sp³-hybridized carbons (Fsp3) is 0.592. The molecule has 0 aromatic heterocycles. The third-order valence-corrected chi connectivity index (χ3v) is 14.2. The lowest BCUT2D eigenvalue weighted by atomic mass is 9.72. The van der Waals surface area contributed by atoms with E-state index in [2.05, 4.69) is 36.3 Å². The van der Waals surface area contributed by atoms with Crippen LogP contribution in [0.15, 0.2) is 52.5 Å². The number of allylic oxidation sites excluding steroid dienone is 5. The smallest absolute Gasteiger partial charge is 0.312 e. The number of carboxylic acids is 1. The molecule has 6 aliphatic rings. The maximum absolute atomic E-state index is 14.8. The highest BCUT2D eigenvalue weighted by molar-refractivity contribution is 6.34. The number of hydrogen-bond donors (Lipinski definition) is 5. The second-order valence-electron chi connectivity index (χ2n) is 19.3. The standard InChI is InChI=1S/C49H66N4O11/c1-24(2)23-53-20-18-49(19-21-53)51-38-35-36-42(58)32(10)45-37(35)46(60)48(11,64-45)62-22-17-25(3)28(6)29(7)30(8)41(57)31(9)44(63-34(56)16-15-33(54)55)26(4)13-12-14-27(5)47(61)50-40(43(36)59)39(38)52-49/h12-14,17,22,24-26,28-31,41,44,52,57-58H,15-16,18-21,23H2,1-11H3,(H,50,61)(H,54,55)/b13-12+,22-17+,27-14-/t25-,26-,28+,29+,30-,31-,41-,44-,48-/m0/s1. The number of aliphatic carboxylic acids is 1. The van der Waals surface area contributed by atoms with E-state index in [0.717, 1.165) is 19.6 Å². The number of ketones is 2. The van der Waals surface area contributed by atoms with Crippen LogP contribution in [0, 0.1) is 48.3 Å². The lowest BCUT2D eigenvalue weighted by Crippen LogP contribution is -2.50. The Hall–Kier alpha value is -5.28. The fourth-order valence-corrected chi connectivity index (χ4v) is 9.65. The Kier molecular flexibility index (Phi) is 14.1. The van der Waals surface area contributed by atoms with Crippen LogP contribution in [0.1, 0.15) is 127 Å². The zero-order chi connectivity index (χ0) is 47.2. The first-order valence-electron chi connectivity index (χ1n) is 22.6. The molecule has 5 N–H and O–H groups in total. The highest BCUT2D eigenvalue weighted by atomic mass is 16.7. The average Bonchev–Trinajstić information content (AvgIpc) is 3.74. The molecule has 15 nitrogen and oxygen atoms in total. The van der Waals surface area contributed by atoms with Crippen LogP contribution in [0.3, 0.4) is 0 Å². The number of aliphatic hydroxyl groups is 1. The van der Waals surface area contributed by atoms with Crippen molar-refractivity contribution in [1.82, 2.24) is 15.5 Å². The lowest BCUT2D eigenvalue weighted by molar-refractivity contribution is -0.159. The van der Waals surface area contributed by atoms with Gasteiger partial charge >= 0.3 is 17.7 Å². The number of nitrogens with one attached hydrogen (secondary N) is 2. The first-order valence-corrected chi connectivity index (χ1v) is 22.6. The number of carbonyl (C=O) groups is 5. The average molecular weight is 887 g/mol. The van der Waals surface area contributed by atoms with Gasteiger partial charge in [0, 0.05) is 67.9 Å². The summed E-state index contributed by atoms with van der Waals surface area (Å²) >= 11 is 0. The summed E-state index contributed by atoms with van der Waals surface area (Å²) in [7, 11) is 0. The van der Waals surface area contributed by atoms with E-state index in [-0.39, 0.29) is 80.8 Å². The van der Waals surface area contributed by atoms with E-state index in [1.807, 2.05) is 33.8 Å². The Labute approximate surface area is 376 Å². The van der Waals surface area contributed by atoms with E-state index in [1.54, 1.807) is 39.0 Å². The fourth-order valence-electron chi connectivity index (χ4n) is 9.65. The van der Waals surface area contributed by atoms with Gasteiger partial charge in [0.25, 0.3) is 11.7 Å². The monoisotopic (exact) mass is 886 g/mol. The predicted octanol–water partition coefficient (Wildman–Crippen LogP) is 6.36. The third kappa shape index (κ3) is 9.28. The van der Waals surface area contributed by atoms with Crippen LogP contribution in [0.25, 0.3) is 0 Å². The highest BCUT2D eigenvalue weighted by Crippen LogP contribution is 2.50. The Morgan fingerprint density at radius 1 is 0.922 bits per heavy atom. The van der Waals surface area contributed by atoms with Crippen molar-refractivity contribution in [3.63, 3.8) is 0 Å². The number of esters is 1. The molecule has 0 unspecified atom stereocenters. The molecule has 1 aliphatic carbocycles. The number of carboxylic acid groups (broad SMARTS) is 1. The summed E-state index contributed by atoms with van der Waals surface area (Å²) in [6, 6.07) is 0. The van der Waals surface area contributed by atoms with E-state index in [0.29, 0.717) is 18.8 Å². The molecule has 1 aromatic carbocycles. The Morgan fingerprint density at radius 3 is 2.23 bits per heavy atom. The molecule has 1 aromatic rings. The van der Waals surface area contributed by atoms with Crippen LogP contribution in [0.2, 0.25) is 0 Å². The number of nitrogens with zero attached hydrogens (tertiary/aromatic N) is 2. The van der Waals surface area contributed by atoms with E-state index in [1.165, 1.54) is 13.2 Å². The van der Waals surface area contributed by atoms with Crippen LogP contribution in [-0.4, -0.2) is 98.6 Å². The maximum Gasteiger partial charge on any atom is 0.312 e. The minimum Gasteiger partial charge on any atom is -0.507 e. The summed E-state index contributed by atoms with van der Waals surface area (Å²) in [6.07, 6.45) is 6.80. The van der Waals surface area contributed by atoms with Crippen molar-refractivity contribution in [3.05, 3.63) is 69.8 Å². The van der Waals surface area contributed by atoms with Gasteiger partial charge in [0.05, 0.1) is 47.7 Å². The van der Waals surface area contributed by atoms with Gasteiger partial charge < -0.3 is 45.1 Å². The number of ether oxygens (including phenoxy) is 3. The Balaban J connectivity index is 1.46. The summed E-state index contributed by atoms with van der Waals surface area (Å²) in [5.41, 5.74) is -0.0775. The topological polar surface area (TPSA) is 213 Å². The molecule has 15 heteroatoms. The zero-order valence-corrected chi connectivity index (χ0v) is 39.0. The number of phenolic OH excluding ortho intramolecular Hbond substituents is 1. The largest absolute Gasteiger partial charge is 0.507 e. The Bertz CT molecular complexity index is 2230. The number of carbonyl (C=O) groups excluding carboxylic acids is 4. The number of rotatable bonds is 6. The lowest BCUT2D eigenvalue weighted by Gasteiger charge is -2.38. The normalized spacial score (nSPS) is 32.7. The van der Waals surface area contributed by atoms with Gasteiger partial charge in [-0.25, -0.2) is 0 Å². The SMILES string of the molecule is C/C1=C/C=C/[C@H](C)[C@H](OC(=O)CCC(=O)O)[C@@H](C)[C@@H](O)[C@@H](C)[C@H](C)[C@H](C)[C@@H](C)/C=C/O[C@@]2(C)Oc3c(C)c(O)c4c(c3C2=O)C2=NC3(CCN(CC(C)C)CC3)NC2=C(NC1=O)C4=O. The number of aliphatic hydroxyl groups excluding tert-OH is 1. The highest BCUT2D eigenvalue weighted by Gasteiger charge is 2.54. The summed E-state index contributed by atoms with van der Waals surface area (Å²) in [6.45, 7) is 22.9. The Morgan fingerprint density at radius 2 is 1.59 bits per heavy atom. The summed E-state index contributed by atoms with van der Waals surface area (Å²) in [4.78, 5) is 75.3. The molecule has 7 rings (SSSR count). The number of piperidine rings is 1. The number of fused-ring (bicyclic) bond motifs is 13. The molecule has 1 spiro atoms. The first-order chi connectivity index (χ1) is 30.0. The first kappa shape index (κ1) is 48.2. The third-order valence-electron chi connectivity index (χ3n) is 14.2. The molecule has 1 amide bonds. The molecule has 5 bridgehead atoms. The molecule has 0 radical (unpaired) electrons. The van der Waals surface area contributed by atoms with Crippen molar-refractivity contribution >= 4 is 35.1 Å². The van der Waals surface area contributed by atoms with Gasteiger partial charge in [-0.15, -0.1) is 0 Å². The van der Waals surface area contributed by atoms with Crippen molar-refractivity contribution in [2.24, 2.45) is 46.4 Å². The molecular weight excluding hydrogens is 821 g/mol. The van der Waals surface area contributed by atoms with Crippen molar-refractivity contribution in [3.8, 4) is 11.5 Å². The van der Waals surface area contributed by atoms with E-state index in [4.69, 9.17) is 19.2 Å². The minimum absolute atomic E-state index is 0.0188. The quantitative estimate of drug-likeness (QED) is 0.197. The molecule has 5 heterocycles. The summed E-state index contributed by atoms with van der Waals surface area (Å²) in [5, 5.41) is 39.2. The second-order valence-corrected chi connectivity index (χ2v) is 19.3. The van der Waals surface area contributed by atoms with Crippen molar-refractivity contribution in [1.29, 1.82) is 0 Å². The molecule has 1 fully saturated rings. The maximum atomic E-state index is 14.8. The number of phenols is 1. The van der Waals surface area contributed by atoms with Crippen molar-refractivity contribution < 1.29 is 53.5 Å². The van der Waals surface area contributed by atoms with Crippen LogP contribution in [0.5, 0.6) is 11.5 Å². The number of Topliss-reactive ketones (excluding diaryl/α,β-unsaturated/α-hetero) is 2. The van der Waals surface area contributed by atoms with E-state index < -0.39 is 77.1 Å². The molecule has 5 aliphatic heterocycles. The van der Waals surface area contributed by atoms with Gasteiger partial charge in [-0.2, -0.15) is 0 Å². The van der Waals surface area contributed by atoms with Crippen molar-refractivity contribution in [2.45, 2.75) is 126 Å². The van der Waals surface area contributed by atoms with Crippen molar-refractivity contribution in [2.75, 3.05) is 19.6 Å². The van der Waals surface area contributed by atoms with Gasteiger partial charge in [0.15, 0.2) is 0 Å². The summed E-state index contributed by atoms with van der Waals surface area (Å²) in [5.74, 6) is -7.03. The predicted molar refractivity (Wildman–Crippen MR) is 239 cm³/mol. The molecule has 0 saturated carbocycles. The van der Waals surface area contributed by atoms with Gasteiger partial charge in [-0.3, -0.25) is 29.0 Å². The molecular formula is C49H66N4O11. The van der Waals surface area contributed by atoms with Crippen LogP contribution in [-0.2, 0) is 23.9 Å². The van der Waals surface area contributed by atoms with E-state index in [9.17, 15) is 39.3 Å². The number of aromatic hydroxyl groups is 1. The number of hydrogen-bond acceptors (Lipinski definition) is 13. The van der Waals surface area contributed by atoms with E-state index >= 15 is 0 Å². The molecule has 348 valence electrons. The zero-order valence-electron chi connectivity index (χ0n) is 39.0. The minimum atomic E-state index is -1.87. The van der Waals surface area contributed by atoms with Crippen LogP contribution >= 0.6 is 0 Å². The molecule has 9 atom stereocenters. The second kappa shape index (κ2) is 18.7. The number of benzene rings is 1. The van der Waals surface area contributed by atoms with Crippen LogP contribution in [0.4, 0.5) is 0 Å². The number of amides is 1. The molecule has 1 saturated heterocycles. The molecule has 64 heavy (non-hydrogen) atoms. The number of aliphatic imine (C=N–C) groups is 1. The summed E-state index contributed by atoms with van der Waals surface area (Å²) < 4.78 is 18.4. The number of likely N-dealkylation sites (tertiary alicyclic amines) is 1. The van der Waals surface area contributed by atoms with Crippen LogP contribution < -0.4 is 15.4 Å². The van der Waals surface area contributed by atoms with Gasteiger partial charge in [0.2, 0.25) is 5.78 Å². The van der Waals surface area contributed by atoms with Gasteiger partial charge in [-0.1, -0.05) is 73.6 Å². The van der Waals surface area contributed by atoms with Gasteiger partial charge in [0.1, 0.15) is 29.0 Å². The van der Waals surface area contributed by atoms with Gasteiger partial charge in [-0.05, 0) is 49.5 Å².